The van der Waals surface area contributed by atoms with Gasteiger partial charge in [-0.15, -0.1) is 0 Å². The van der Waals surface area contributed by atoms with Crippen LogP contribution < -0.4 is 0 Å². The maximum Gasteiger partial charge on any atom is 0.187 e. The lowest BCUT2D eigenvalue weighted by molar-refractivity contribution is -0.339. The summed E-state index contributed by atoms with van der Waals surface area (Å²) in [6, 6.07) is 0. The average Bonchev–Trinajstić information content (AvgIpc) is 3.55. The topological polar surface area (TPSA) is 318 Å². The van der Waals surface area contributed by atoms with Crippen LogP contribution in [0.15, 0.2) is 11.6 Å². The van der Waals surface area contributed by atoms with Crippen LogP contribution in [-0.4, -0.2) is 202 Å². The quantitative estimate of drug-likeness (QED) is 0.0947. The van der Waals surface area contributed by atoms with Crippen molar-refractivity contribution < 1.29 is 94.8 Å². The molecule has 7 aliphatic rings. The van der Waals surface area contributed by atoms with Gasteiger partial charge in [-0.25, -0.2) is 0 Å². The molecule has 6 fully saturated rings. The highest BCUT2D eigenvalue weighted by Crippen LogP contribution is 2.75. The van der Waals surface area contributed by atoms with E-state index in [1.54, 1.807) is 6.92 Å². The SMILES string of the molecule is C[C@H]1[C@H](O)[C@@H](O)[C@H](OC[C@H]2O[C@@H](O[C@H](CC(O)[C@@H](C)[C@H]3CC[C@@]4(C)[C@@H]5CC=C6[C@@H](CC[C@H](O[C@@H]7O[C@H](CO)[C@@H](O)[C@H](O)[C@H]7O)C6(C)C)[C@]5(C)[C@@H](O)C[C@]34C)C(C)(C)O)[C@H](O)[C@@H](O)[C@@H]2O)O[C@@H]1CO. The molecule has 0 aromatic carbocycles. The molecular weight excluding hydrogens is 893 g/mol. The first kappa shape index (κ1) is 54.7. The molecule has 0 aromatic heterocycles. The number of fused-ring (bicyclic) bond motifs is 5. The molecule has 0 spiro atoms. The number of allylic oxidation sites excluding steroid dienone is 1. The second kappa shape index (κ2) is 20.0. The van der Waals surface area contributed by atoms with Crippen molar-refractivity contribution in [1.29, 1.82) is 0 Å². The molecule has 0 bridgehead atoms. The Hall–Kier alpha value is -1.02. The number of rotatable bonds is 14. The zero-order valence-corrected chi connectivity index (χ0v) is 41.2. The van der Waals surface area contributed by atoms with E-state index in [2.05, 4.69) is 40.7 Å². The standard InChI is InChI=1S/C49H84O19/c1-21(26(52)16-33(46(5,6)62)68-44-41(61)38(58)36(56)29(66-44)20-63-42-39(59)34(54)22(2)27(18-50)64-42)23-14-15-47(7)30-12-10-24-25(49(30,9)31(53)17-48(23,47)8)11-13-32(45(24,3)4)67-43-40(60)37(57)35(55)28(19-51)65-43/h10,21-23,25-44,50-62H,11-20H2,1-9H3/t21-,22+,23+,25+,26?,27+,28+,29+,30-,31-,32-,33+,34-,35+,36+,37-,38-,39+,40+,41+,42+,43-,44-,47-,48+,49-/m0/s1. The fourth-order valence-corrected chi connectivity index (χ4v) is 14.3. The molecule has 19 heteroatoms. The third-order valence-corrected chi connectivity index (χ3v) is 19.2. The minimum Gasteiger partial charge on any atom is -0.394 e. The summed E-state index contributed by atoms with van der Waals surface area (Å²) in [6.45, 7) is 16.0. The molecule has 3 aliphatic heterocycles. The first-order valence-electron chi connectivity index (χ1n) is 24.9. The monoisotopic (exact) mass is 977 g/mol. The van der Waals surface area contributed by atoms with E-state index < -0.39 is 158 Å². The van der Waals surface area contributed by atoms with Crippen molar-refractivity contribution in [3.05, 3.63) is 11.6 Å². The maximum atomic E-state index is 12.6. The van der Waals surface area contributed by atoms with Crippen molar-refractivity contribution in [3.63, 3.8) is 0 Å². The lowest BCUT2D eigenvalue weighted by atomic mass is 9.38. The van der Waals surface area contributed by atoms with Gasteiger partial charge in [-0.3, -0.25) is 0 Å². The van der Waals surface area contributed by atoms with Gasteiger partial charge in [0, 0.05) is 23.2 Å². The van der Waals surface area contributed by atoms with Gasteiger partial charge in [0.25, 0.3) is 0 Å². The molecule has 0 radical (unpaired) electrons. The van der Waals surface area contributed by atoms with E-state index in [1.807, 2.05) is 6.92 Å². The van der Waals surface area contributed by atoms with Gasteiger partial charge in [0.1, 0.15) is 54.9 Å². The van der Waals surface area contributed by atoms with Gasteiger partial charge in [-0.1, -0.05) is 60.1 Å². The van der Waals surface area contributed by atoms with Crippen molar-refractivity contribution in [3.8, 4) is 0 Å². The van der Waals surface area contributed by atoms with Crippen molar-refractivity contribution >= 4 is 0 Å². The maximum absolute atomic E-state index is 12.6. The summed E-state index contributed by atoms with van der Waals surface area (Å²) in [5, 5.41) is 141. The molecule has 4 aliphatic carbocycles. The molecule has 3 heterocycles. The predicted octanol–water partition coefficient (Wildman–Crippen LogP) is -0.810. The van der Waals surface area contributed by atoms with E-state index in [4.69, 9.17) is 28.4 Å². The third-order valence-electron chi connectivity index (χ3n) is 19.2. The molecule has 3 saturated carbocycles. The molecule has 68 heavy (non-hydrogen) atoms. The molecule has 26 atom stereocenters. The van der Waals surface area contributed by atoms with Gasteiger partial charge in [-0.2, -0.15) is 0 Å². The van der Waals surface area contributed by atoms with Crippen LogP contribution >= 0.6 is 0 Å². The highest BCUT2D eigenvalue weighted by molar-refractivity contribution is 5.32. The van der Waals surface area contributed by atoms with Crippen molar-refractivity contribution in [2.24, 2.45) is 51.2 Å². The number of aliphatic hydroxyl groups excluding tert-OH is 12. The highest BCUT2D eigenvalue weighted by Gasteiger charge is 2.70. The molecular formula is C49H84O19. The first-order valence-corrected chi connectivity index (χ1v) is 24.9. The van der Waals surface area contributed by atoms with Crippen LogP contribution in [-0.2, 0) is 28.4 Å². The minimum atomic E-state index is -1.78. The summed E-state index contributed by atoms with van der Waals surface area (Å²) >= 11 is 0. The normalized spacial score (nSPS) is 50.9. The van der Waals surface area contributed by atoms with Gasteiger partial charge in [0.15, 0.2) is 18.9 Å². The van der Waals surface area contributed by atoms with Gasteiger partial charge in [0.05, 0.1) is 62.0 Å². The van der Waals surface area contributed by atoms with Crippen LogP contribution in [0.2, 0.25) is 0 Å². The third kappa shape index (κ3) is 9.21. The van der Waals surface area contributed by atoms with Crippen LogP contribution in [0.25, 0.3) is 0 Å². The van der Waals surface area contributed by atoms with E-state index in [0.717, 1.165) is 18.4 Å². The second-order valence-corrected chi connectivity index (χ2v) is 23.5. The van der Waals surface area contributed by atoms with Crippen LogP contribution in [0.4, 0.5) is 0 Å². The number of aliphatic hydroxyl groups is 13. The van der Waals surface area contributed by atoms with Gasteiger partial charge in [0.2, 0.25) is 0 Å². The largest absolute Gasteiger partial charge is 0.394 e. The predicted molar refractivity (Wildman–Crippen MR) is 240 cm³/mol. The van der Waals surface area contributed by atoms with Crippen molar-refractivity contribution in [2.45, 2.75) is 223 Å². The van der Waals surface area contributed by atoms with Crippen molar-refractivity contribution in [1.82, 2.24) is 0 Å². The molecule has 0 aromatic rings. The summed E-state index contributed by atoms with van der Waals surface area (Å²) in [6.07, 6.45) is -17.1. The van der Waals surface area contributed by atoms with Gasteiger partial charge >= 0.3 is 0 Å². The molecule has 1 unspecified atom stereocenters. The summed E-state index contributed by atoms with van der Waals surface area (Å²) in [5.41, 5.74) is -2.16. The molecule has 0 amide bonds. The summed E-state index contributed by atoms with van der Waals surface area (Å²) in [7, 11) is 0. The fourth-order valence-electron chi connectivity index (χ4n) is 14.3. The smallest absolute Gasteiger partial charge is 0.187 e. The summed E-state index contributed by atoms with van der Waals surface area (Å²) < 4.78 is 35.6. The van der Waals surface area contributed by atoms with E-state index in [-0.39, 0.29) is 35.5 Å². The Labute approximate surface area is 400 Å². The highest BCUT2D eigenvalue weighted by atomic mass is 16.7. The van der Waals surface area contributed by atoms with E-state index in [9.17, 15) is 66.4 Å². The summed E-state index contributed by atoms with van der Waals surface area (Å²) in [5.74, 6) is -0.899. The van der Waals surface area contributed by atoms with Crippen LogP contribution in [0, 0.1) is 51.2 Å². The Morgan fingerprint density at radius 1 is 0.721 bits per heavy atom. The number of hydrogen-bond acceptors (Lipinski definition) is 19. The summed E-state index contributed by atoms with van der Waals surface area (Å²) in [4.78, 5) is 0. The Bertz CT molecular complexity index is 1740. The molecule has 19 nitrogen and oxygen atoms in total. The average molecular weight is 977 g/mol. The van der Waals surface area contributed by atoms with Crippen LogP contribution in [0.3, 0.4) is 0 Å². The Kier molecular flexibility index (Phi) is 16.1. The van der Waals surface area contributed by atoms with Crippen molar-refractivity contribution in [2.75, 3.05) is 19.8 Å². The fraction of sp³-hybridized carbons (Fsp3) is 0.959. The first-order chi connectivity index (χ1) is 31.6. The molecule has 3 saturated heterocycles. The Morgan fingerprint density at radius 2 is 1.29 bits per heavy atom. The zero-order chi connectivity index (χ0) is 50.4. The minimum absolute atomic E-state index is 0.0136. The number of ether oxygens (including phenoxy) is 6. The second-order valence-electron chi connectivity index (χ2n) is 23.5. The van der Waals surface area contributed by atoms with Crippen LogP contribution in [0.5, 0.6) is 0 Å². The number of hydrogen-bond donors (Lipinski definition) is 13. The van der Waals surface area contributed by atoms with Gasteiger partial charge in [-0.05, 0) is 86.9 Å². The molecule has 394 valence electrons. The van der Waals surface area contributed by atoms with E-state index >= 15 is 0 Å². The van der Waals surface area contributed by atoms with E-state index in [1.165, 1.54) is 13.8 Å². The lowest BCUT2D eigenvalue weighted by Crippen LogP contribution is -2.65. The molecule has 13 N–H and O–H groups in total. The van der Waals surface area contributed by atoms with E-state index in [0.29, 0.717) is 25.7 Å². The molecule has 7 rings (SSSR count). The Morgan fingerprint density at radius 3 is 1.91 bits per heavy atom. The zero-order valence-electron chi connectivity index (χ0n) is 41.2. The Balaban J connectivity index is 1.03. The van der Waals surface area contributed by atoms with Gasteiger partial charge < -0.3 is 94.8 Å². The lowest BCUT2D eigenvalue weighted by Gasteiger charge is -2.67. The van der Waals surface area contributed by atoms with Crippen LogP contribution in [0.1, 0.15) is 107 Å².